The Kier molecular flexibility index (Phi) is 12.2. The van der Waals surface area contributed by atoms with Gasteiger partial charge in [0, 0.05) is 17.3 Å². The van der Waals surface area contributed by atoms with Crippen LogP contribution in [0.5, 0.6) is 0 Å². The lowest BCUT2D eigenvalue weighted by Gasteiger charge is -2.27. The van der Waals surface area contributed by atoms with Crippen molar-refractivity contribution in [2.45, 2.75) is 43.8 Å². The topological polar surface area (TPSA) is 201 Å². The molecule has 13 nitrogen and oxygen atoms in total. The van der Waals surface area contributed by atoms with Crippen molar-refractivity contribution < 1.29 is 54.7 Å². The van der Waals surface area contributed by atoms with Gasteiger partial charge in [-0.3, -0.25) is 14.8 Å². The molecule has 0 aromatic carbocycles. The number of aliphatic hydroxyl groups excluding tert-OH is 1. The highest BCUT2D eigenvalue weighted by Crippen LogP contribution is 2.15. The molecule has 1 aliphatic heterocycles. The molecule has 34 heavy (non-hydrogen) atoms. The summed E-state index contributed by atoms with van der Waals surface area (Å²) in [5, 5.41) is 56.9. The molecule has 0 aliphatic carbocycles. The summed E-state index contributed by atoms with van der Waals surface area (Å²) in [6, 6.07) is 3.34. The summed E-state index contributed by atoms with van der Waals surface area (Å²) in [6.45, 7) is 2.75. The van der Waals surface area contributed by atoms with Crippen LogP contribution in [0.1, 0.15) is 37.7 Å². The number of oxime groups is 1. The number of hydrogen-bond acceptors (Lipinski definition) is 9. The van der Waals surface area contributed by atoms with E-state index in [0.29, 0.717) is 12.1 Å². The van der Waals surface area contributed by atoms with E-state index in [-0.39, 0.29) is 11.8 Å². The molecule has 0 amide bonds. The number of piperidine rings is 1. The molecule has 2 rings (SSSR count). The van der Waals surface area contributed by atoms with Crippen molar-refractivity contribution in [3.8, 4) is 0 Å². The summed E-state index contributed by atoms with van der Waals surface area (Å²) < 4.78 is 0.887. The van der Waals surface area contributed by atoms with Gasteiger partial charge in [-0.15, -0.1) is 0 Å². The van der Waals surface area contributed by atoms with Gasteiger partial charge in [0.05, 0.1) is 18.4 Å². The Morgan fingerprint density at radius 2 is 1.74 bits per heavy atom. The Morgan fingerprint density at radius 3 is 2.24 bits per heavy atom. The van der Waals surface area contributed by atoms with Crippen LogP contribution in [-0.4, -0.2) is 96.7 Å². The highest BCUT2D eigenvalue weighted by atomic mass is 35.5. The Morgan fingerprint density at radius 1 is 1.15 bits per heavy atom. The molecule has 2 heterocycles. The quantitative estimate of drug-likeness (QED) is 0.0997. The Labute approximate surface area is 200 Å². The van der Waals surface area contributed by atoms with Crippen LogP contribution in [0.2, 0.25) is 0 Å². The molecule has 0 unspecified atom stereocenters. The number of nitrogens with zero attached hydrogens (tertiary/aromatic N) is 3. The molecule has 0 saturated carbocycles. The van der Waals surface area contributed by atoms with E-state index < -0.39 is 42.5 Å². The summed E-state index contributed by atoms with van der Waals surface area (Å²) in [5.41, 5.74) is -2.20. The first kappa shape index (κ1) is 29.0. The number of halogens is 1. The number of carboxylic acid groups (broad SMARTS) is 3. The highest BCUT2D eigenvalue weighted by molar-refractivity contribution is 6.69. The molecule has 190 valence electrons. The molecular weight excluding hydrogens is 478 g/mol. The molecule has 14 heteroatoms. The third-order valence-corrected chi connectivity index (χ3v) is 4.93. The molecular formula is C20H29ClN3O10+. The molecule has 1 aliphatic rings. The first-order valence-electron chi connectivity index (χ1n) is 10.3. The van der Waals surface area contributed by atoms with Gasteiger partial charge in [-0.05, 0) is 32.0 Å². The summed E-state index contributed by atoms with van der Waals surface area (Å²) in [6.07, 6.45) is 3.65. The number of hydrogen-bond donors (Lipinski definition) is 6. The summed E-state index contributed by atoms with van der Waals surface area (Å²) >= 11 is 5.96. The zero-order chi connectivity index (χ0) is 25.7. The lowest BCUT2D eigenvalue weighted by atomic mass is 9.96. The minimum Gasteiger partial charge on any atom is -0.481 e. The minimum atomic E-state index is -2.74. The van der Waals surface area contributed by atoms with Crippen LogP contribution in [-0.2, 0) is 19.2 Å². The van der Waals surface area contributed by atoms with Crippen LogP contribution < -0.4 is 4.73 Å². The van der Waals surface area contributed by atoms with Crippen LogP contribution >= 0.6 is 11.6 Å². The SMILES string of the molecule is O=C(O)CC(O)(CC(=O)O)C(=O)O.O[C@@H](CO/N=C(\Cl)c1ccc[n+](O)c1)CN1CCCCC1. The standard InChI is InChI=1S/C14H21ClN3O3.C6H8O7/c15-14(12-5-4-8-18(20)9-12)16-21-11-13(19)10-17-6-2-1-3-7-17;7-3(8)1-6(13,5(11)12)2-4(9)10/h4-5,8-9,13,19-20H,1-3,6-7,10-11H2;13H,1-2H2,(H,7,8)(H,9,10)(H,11,12)/q+1;/b16-14-;/t13-;/m1./s1. The van der Waals surface area contributed by atoms with Crippen LogP contribution in [0.25, 0.3) is 0 Å². The zero-order valence-electron chi connectivity index (χ0n) is 18.3. The van der Waals surface area contributed by atoms with E-state index in [9.17, 15) is 24.7 Å². The summed E-state index contributed by atoms with van der Waals surface area (Å²) in [7, 11) is 0. The van der Waals surface area contributed by atoms with E-state index in [1.54, 1.807) is 12.1 Å². The fourth-order valence-electron chi connectivity index (χ4n) is 3.02. The largest absolute Gasteiger partial charge is 0.481 e. The van der Waals surface area contributed by atoms with Crippen molar-refractivity contribution >= 4 is 34.7 Å². The van der Waals surface area contributed by atoms with Gasteiger partial charge in [0.15, 0.2) is 10.8 Å². The third-order valence-electron chi connectivity index (χ3n) is 4.64. The molecule has 1 atom stereocenters. The van der Waals surface area contributed by atoms with Crippen LogP contribution in [0, 0.1) is 0 Å². The van der Waals surface area contributed by atoms with Crippen molar-refractivity contribution in [2.24, 2.45) is 5.16 Å². The predicted molar refractivity (Wildman–Crippen MR) is 116 cm³/mol. The van der Waals surface area contributed by atoms with E-state index in [2.05, 4.69) is 10.1 Å². The maximum absolute atomic E-state index is 10.3. The Balaban J connectivity index is 0.000000385. The van der Waals surface area contributed by atoms with Gasteiger partial charge in [-0.25, -0.2) is 4.79 Å². The Bertz CT molecular complexity index is 845. The van der Waals surface area contributed by atoms with E-state index in [1.165, 1.54) is 31.7 Å². The smallest absolute Gasteiger partial charge is 0.336 e. The van der Waals surface area contributed by atoms with Crippen LogP contribution in [0.3, 0.4) is 0 Å². The van der Waals surface area contributed by atoms with Crippen molar-refractivity contribution in [1.29, 1.82) is 0 Å². The van der Waals surface area contributed by atoms with Gasteiger partial charge < -0.3 is 35.3 Å². The number of β-amino-alcohol motifs (C(OH)–C–C–N with tert-alkyl or cyclic N) is 1. The number of likely N-dealkylation sites (tertiary alicyclic amines) is 1. The van der Waals surface area contributed by atoms with E-state index in [1.807, 2.05) is 0 Å². The number of aliphatic carboxylic acids is 3. The number of rotatable bonds is 11. The molecule has 1 fully saturated rings. The maximum Gasteiger partial charge on any atom is 0.336 e. The van der Waals surface area contributed by atoms with Gasteiger partial charge >= 0.3 is 17.9 Å². The molecule has 1 aromatic rings. The average Bonchev–Trinajstić information content (AvgIpc) is 2.73. The van der Waals surface area contributed by atoms with Gasteiger partial charge in [0.25, 0.3) is 0 Å². The Hall–Kier alpha value is -3.00. The number of carbonyl (C=O) groups is 3. The number of pyridine rings is 1. The van der Waals surface area contributed by atoms with Gasteiger partial charge in [0.1, 0.15) is 12.7 Å². The van der Waals surface area contributed by atoms with Crippen LogP contribution in [0.4, 0.5) is 0 Å². The second kappa shape index (κ2) is 14.3. The number of carboxylic acids is 3. The molecule has 6 N–H and O–H groups in total. The van der Waals surface area contributed by atoms with E-state index in [0.717, 1.165) is 17.8 Å². The average molecular weight is 507 g/mol. The second-order valence-electron chi connectivity index (χ2n) is 7.64. The highest BCUT2D eigenvalue weighted by Gasteiger charge is 2.40. The van der Waals surface area contributed by atoms with Crippen molar-refractivity contribution in [3.05, 3.63) is 30.1 Å². The number of aliphatic hydroxyl groups is 2. The van der Waals surface area contributed by atoms with Gasteiger partial charge in [0.2, 0.25) is 12.4 Å². The minimum absolute atomic E-state index is 0.0959. The summed E-state index contributed by atoms with van der Waals surface area (Å²) in [4.78, 5) is 37.8. The first-order valence-corrected chi connectivity index (χ1v) is 10.7. The summed E-state index contributed by atoms with van der Waals surface area (Å²) in [5.74, 6) is -5.02. The number of aromatic nitrogens is 1. The van der Waals surface area contributed by atoms with Crippen LogP contribution in [0.15, 0.2) is 29.7 Å². The fourth-order valence-corrected chi connectivity index (χ4v) is 3.19. The maximum atomic E-state index is 10.3. The molecule has 0 bridgehead atoms. The van der Waals surface area contributed by atoms with Gasteiger partial charge in [-0.1, -0.05) is 23.2 Å². The first-order chi connectivity index (χ1) is 15.9. The molecule has 0 spiro atoms. The lowest BCUT2D eigenvalue weighted by Crippen LogP contribution is -2.42. The monoisotopic (exact) mass is 506 g/mol. The third kappa shape index (κ3) is 11.2. The normalized spacial score (nSPS) is 15.6. The van der Waals surface area contributed by atoms with E-state index >= 15 is 0 Å². The molecule has 0 radical (unpaired) electrons. The van der Waals surface area contributed by atoms with E-state index in [4.69, 9.17) is 36.9 Å². The van der Waals surface area contributed by atoms with Crippen molar-refractivity contribution in [3.63, 3.8) is 0 Å². The lowest BCUT2D eigenvalue weighted by molar-refractivity contribution is -0.904. The zero-order valence-corrected chi connectivity index (χ0v) is 19.0. The predicted octanol–water partition coefficient (Wildman–Crippen LogP) is -0.273. The molecule has 1 aromatic heterocycles. The van der Waals surface area contributed by atoms with Crippen molar-refractivity contribution in [1.82, 2.24) is 4.90 Å². The van der Waals surface area contributed by atoms with Gasteiger partial charge in [-0.2, -0.15) is 0 Å². The second-order valence-corrected chi connectivity index (χ2v) is 8.00. The van der Waals surface area contributed by atoms with Crippen molar-refractivity contribution in [2.75, 3.05) is 26.2 Å². The molecule has 1 saturated heterocycles. The fraction of sp³-hybridized carbons (Fsp3) is 0.550.